The zero-order valence-electron chi connectivity index (χ0n) is 12.5. The standard InChI is InChI=1S/C16H19N3OS/c1-11(2)17-10-14-15(18-16-19(14)8-9-21-16)20-13-6-4-12(3)5-7-13/h4-9,11,17H,10H2,1-3H3. The summed E-state index contributed by atoms with van der Waals surface area (Å²) in [6.07, 6.45) is 2.03. The molecule has 4 nitrogen and oxygen atoms in total. The largest absolute Gasteiger partial charge is 0.437 e. The van der Waals surface area contributed by atoms with Crippen molar-refractivity contribution in [2.75, 3.05) is 0 Å². The van der Waals surface area contributed by atoms with Crippen molar-refractivity contribution in [1.82, 2.24) is 14.7 Å². The van der Waals surface area contributed by atoms with Crippen LogP contribution in [0.2, 0.25) is 0 Å². The minimum absolute atomic E-state index is 0.418. The van der Waals surface area contributed by atoms with Crippen LogP contribution in [0.5, 0.6) is 11.6 Å². The predicted molar refractivity (Wildman–Crippen MR) is 86.3 cm³/mol. The van der Waals surface area contributed by atoms with Crippen molar-refractivity contribution < 1.29 is 4.74 Å². The van der Waals surface area contributed by atoms with Crippen molar-refractivity contribution in [2.45, 2.75) is 33.4 Å². The fourth-order valence-corrected chi connectivity index (χ4v) is 2.80. The summed E-state index contributed by atoms with van der Waals surface area (Å²) in [5.74, 6) is 1.50. The fraction of sp³-hybridized carbons (Fsp3) is 0.312. The highest BCUT2D eigenvalue weighted by molar-refractivity contribution is 7.15. The molecule has 0 atom stereocenters. The molecular weight excluding hydrogens is 282 g/mol. The predicted octanol–water partition coefficient (Wildman–Crippen LogP) is 3.99. The van der Waals surface area contributed by atoms with Crippen LogP contribution in [0.1, 0.15) is 25.1 Å². The lowest BCUT2D eigenvalue weighted by atomic mass is 10.2. The van der Waals surface area contributed by atoms with E-state index < -0.39 is 0 Å². The molecule has 0 radical (unpaired) electrons. The monoisotopic (exact) mass is 301 g/mol. The Morgan fingerprint density at radius 3 is 2.76 bits per heavy atom. The van der Waals surface area contributed by atoms with E-state index in [2.05, 4.69) is 35.5 Å². The molecule has 0 fully saturated rings. The molecule has 0 aliphatic heterocycles. The number of aryl methyl sites for hydroxylation is 1. The number of hydrogen-bond donors (Lipinski definition) is 1. The maximum atomic E-state index is 5.97. The van der Waals surface area contributed by atoms with Crippen LogP contribution in [0, 0.1) is 6.92 Å². The van der Waals surface area contributed by atoms with Crippen molar-refractivity contribution in [1.29, 1.82) is 0 Å². The molecule has 0 saturated heterocycles. The first-order valence-corrected chi connectivity index (χ1v) is 7.94. The molecule has 1 aromatic carbocycles. The van der Waals surface area contributed by atoms with Gasteiger partial charge in [0.15, 0.2) is 4.96 Å². The maximum Gasteiger partial charge on any atom is 0.243 e. The van der Waals surface area contributed by atoms with Crippen molar-refractivity contribution >= 4 is 16.3 Å². The van der Waals surface area contributed by atoms with E-state index in [0.29, 0.717) is 11.9 Å². The first kappa shape index (κ1) is 14.1. The summed E-state index contributed by atoms with van der Waals surface area (Å²) in [7, 11) is 0. The second-order valence-electron chi connectivity index (χ2n) is 5.37. The van der Waals surface area contributed by atoms with E-state index in [0.717, 1.165) is 22.9 Å². The number of ether oxygens (including phenoxy) is 1. The topological polar surface area (TPSA) is 38.6 Å². The molecule has 3 rings (SSSR count). The van der Waals surface area contributed by atoms with Gasteiger partial charge < -0.3 is 10.1 Å². The molecule has 0 saturated carbocycles. The third-order valence-electron chi connectivity index (χ3n) is 3.24. The highest BCUT2D eigenvalue weighted by atomic mass is 32.1. The van der Waals surface area contributed by atoms with Gasteiger partial charge in [-0.05, 0) is 19.1 Å². The van der Waals surface area contributed by atoms with Crippen LogP contribution in [0.25, 0.3) is 4.96 Å². The SMILES string of the molecule is Cc1ccc(Oc2nc3sccn3c2CNC(C)C)cc1. The van der Waals surface area contributed by atoms with Crippen LogP contribution in [-0.2, 0) is 6.54 Å². The summed E-state index contributed by atoms with van der Waals surface area (Å²) in [5, 5.41) is 5.47. The van der Waals surface area contributed by atoms with Crippen LogP contribution < -0.4 is 10.1 Å². The molecule has 110 valence electrons. The Balaban J connectivity index is 1.91. The first-order chi connectivity index (χ1) is 10.1. The van der Waals surface area contributed by atoms with Gasteiger partial charge in [-0.1, -0.05) is 31.5 Å². The van der Waals surface area contributed by atoms with Gasteiger partial charge in [0.2, 0.25) is 5.88 Å². The summed E-state index contributed by atoms with van der Waals surface area (Å²) in [4.78, 5) is 5.54. The Labute approximate surface area is 128 Å². The van der Waals surface area contributed by atoms with E-state index in [1.165, 1.54) is 5.56 Å². The second-order valence-corrected chi connectivity index (χ2v) is 6.24. The lowest BCUT2D eigenvalue weighted by molar-refractivity contribution is 0.452. The molecular formula is C16H19N3OS. The second kappa shape index (κ2) is 5.87. The quantitative estimate of drug-likeness (QED) is 0.774. The van der Waals surface area contributed by atoms with Crippen molar-refractivity contribution in [3.63, 3.8) is 0 Å². The van der Waals surface area contributed by atoms with Crippen LogP contribution in [0.3, 0.4) is 0 Å². The molecule has 3 aromatic rings. The molecule has 5 heteroatoms. The molecule has 0 aliphatic carbocycles. The molecule has 21 heavy (non-hydrogen) atoms. The van der Waals surface area contributed by atoms with E-state index >= 15 is 0 Å². The molecule has 2 aromatic heterocycles. The number of thiazole rings is 1. The number of imidazole rings is 1. The molecule has 2 heterocycles. The zero-order chi connectivity index (χ0) is 14.8. The summed E-state index contributed by atoms with van der Waals surface area (Å²) in [6.45, 7) is 7.06. The summed E-state index contributed by atoms with van der Waals surface area (Å²) in [6, 6.07) is 8.45. The fourth-order valence-electron chi connectivity index (χ4n) is 2.07. The lowest BCUT2D eigenvalue weighted by Gasteiger charge is -2.10. The number of hydrogen-bond acceptors (Lipinski definition) is 4. The zero-order valence-corrected chi connectivity index (χ0v) is 13.3. The third kappa shape index (κ3) is 3.09. The van der Waals surface area contributed by atoms with Gasteiger partial charge >= 0.3 is 0 Å². The minimum Gasteiger partial charge on any atom is -0.437 e. The highest BCUT2D eigenvalue weighted by Crippen LogP contribution is 2.28. The highest BCUT2D eigenvalue weighted by Gasteiger charge is 2.15. The number of fused-ring (bicyclic) bond motifs is 1. The number of rotatable bonds is 5. The van der Waals surface area contributed by atoms with Crippen molar-refractivity contribution in [3.05, 3.63) is 47.1 Å². The van der Waals surface area contributed by atoms with Crippen LogP contribution in [0.15, 0.2) is 35.8 Å². The Hall–Kier alpha value is -1.85. The van der Waals surface area contributed by atoms with Crippen LogP contribution in [-0.4, -0.2) is 15.4 Å². The normalized spacial score (nSPS) is 11.4. The molecule has 0 bridgehead atoms. The number of aromatic nitrogens is 2. The third-order valence-corrected chi connectivity index (χ3v) is 3.99. The van der Waals surface area contributed by atoms with E-state index in [9.17, 15) is 0 Å². The Kier molecular flexibility index (Phi) is 3.94. The van der Waals surface area contributed by atoms with E-state index in [1.807, 2.05) is 35.8 Å². The van der Waals surface area contributed by atoms with Gasteiger partial charge in [-0.3, -0.25) is 4.40 Å². The number of benzene rings is 1. The van der Waals surface area contributed by atoms with E-state index in [-0.39, 0.29) is 0 Å². The van der Waals surface area contributed by atoms with Gasteiger partial charge in [0.25, 0.3) is 0 Å². The average molecular weight is 301 g/mol. The van der Waals surface area contributed by atoms with Crippen molar-refractivity contribution in [2.24, 2.45) is 0 Å². The van der Waals surface area contributed by atoms with Gasteiger partial charge in [0.05, 0.1) is 0 Å². The van der Waals surface area contributed by atoms with E-state index in [4.69, 9.17) is 4.74 Å². The Morgan fingerprint density at radius 2 is 2.05 bits per heavy atom. The van der Waals surface area contributed by atoms with Gasteiger partial charge in [-0.15, -0.1) is 11.3 Å². The lowest BCUT2D eigenvalue weighted by Crippen LogP contribution is -2.22. The summed E-state index contributed by atoms with van der Waals surface area (Å²) >= 11 is 1.61. The summed E-state index contributed by atoms with van der Waals surface area (Å²) < 4.78 is 8.06. The minimum atomic E-state index is 0.418. The van der Waals surface area contributed by atoms with Gasteiger partial charge in [-0.25, -0.2) is 0 Å². The first-order valence-electron chi connectivity index (χ1n) is 7.06. The van der Waals surface area contributed by atoms with Gasteiger partial charge in [-0.2, -0.15) is 4.98 Å². The average Bonchev–Trinajstić information content (AvgIpc) is 3.00. The maximum absolute atomic E-state index is 5.97. The molecule has 0 spiro atoms. The molecule has 1 N–H and O–H groups in total. The Morgan fingerprint density at radius 1 is 1.29 bits per heavy atom. The molecule has 0 amide bonds. The Bertz CT molecular complexity index is 728. The molecule has 0 unspecified atom stereocenters. The van der Waals surface area contributed by atoms with Gasteiger partial charge in [0.1, 0.15) is 11.4 Å². The number of nitrogens with zero attached hydrogens (tertiary/aromatic N) is 2. The van der Waals surface area contributed by atoms with Crippen molar-refractivity contribution in [3.8, 4) is 11.6 Å². The van der Waals surface area contributed by atoms with Crippen LogP contribution in [0.4, 0.5) is 0 Å². The number of nitrogens with one attached hydrogen (secondary N) is 1. The molecule has 0 aliphatic rings. The summed E-state index contributed by atoms with van der Waals surface area (Å²) in [5.41, 5.74) is 2.27. The van der Waals surface area contributed by atoms with Crippen LogP contribution >= 0.6 is 11.3 Å². The smallest absolute Gasteiger partial charge is 0.243 e. The van der Waals surface area contributed by atoms with Gasteiger partial charge in [0, 0.05) is 24.2 Å². The van der Waals surface area contributed by atoms with E-state index in [1.54, 1.807) is 11.3 Å².